The number of unbranched alkanes of at least 4 members (excludes halogenated alkanes) is 27. The van der Waals surface area contributed by atoms with Crippen molar-refractivity contribution in [3.8, 4) is 5.75 Å². The van der Waals surface area contributed by atoms with Gasteiger partial charge in [0.25, 0.3) is 0 Å². The lowest BCUT2D eigenvalue weighted by Crippen LogP contribution is -2.06. The molecule has 0 radical (unpaired) electrons. The third kappa shape index (κ3) is 71.1. The van der Waals surface area contributed by atoms with E-state index in [-0.39, 0.29) is 20.6 Å². The third-order valence-corrected chi connectivity index (χ3v) is 10.4. The smallest absolute Gasteiger partial charge is 0.395 e. The van der Waals surface area contributed by atoms with Gasteiger partial charge in [0.1, 0.15) is 12.5 Å². The predicted octanol–water partition coefficient (Wildman–Crippen LogP) is 17.7. The lowest BCUT2D eigenvalue weighted by molar-refractivity contribution is -0.144. The van der Waals surface area contributed by atoms with E-state index in [1.54, 1.807) is 12.1 Å². The average molecular weight is 923 g/mol. The standard InChI is InChI=1S/C26H50O4.C18H36O.C6H5O2P.C4H10.CH2O/c1-3-5-7-9-15-19-23-29-25(27)21-17-13-11-12-14-18-22-26(28)30-24-20-16-10-8-6-4-2;1-2-3-4-5-6-7-8-9-10-11-12-13-14-15-16-17-18-19;7-9-8-6-4-2-1-3-5-6;1-4(2)3;1-2/h3-24H2,1-2H3;9-10,19H,2-8,11-18H2,1H3;1-5H;4H,1-3H3;1H2. The van der Waals surface area contributed by atoms with Crippen LogP contribution in [0.5, 0.6) is 5.75 Å². The van der Waals surface area contributed by atoms with Crippen LogP contribution in [0.15, 0.2) is 42.5 Å². The summed E-state index contributed by atoms with van der Waals surface area (Å²) in [5.74, 6) is 1.36. The second kappa shape index (κ2) is 64.7. The molecule has 1 N–H and O–H groups in total. The molecule has 0 amide bonds. The SMILES string of the molecule is C=O.CC(C)C.CCCCCCCCC=CCCCCCCCCO.CCCCCCCCOC(=O)CCCCCCCCC(=O)OCCCCCCCC.O=POc1ccccc1. The molecule has 0 aliphatic heterocycles. The van der Waals surface area contributed by atoms with Crippen LogP contribution in [-0.4, -0.2) is 43.7 Å². The van der Waals surface area contributed by atoms with Gasteiger partial charge in [-0.25, -0.2) is 4.57 Å². The Labute approximate surface area is 397 Å². The summed E-state index contributed by atoms with van der Waals surface area (Å²) in [7, 11) is -0.305. The Bertz CT molecular complexity index is 1010. The van der Waals surface area contributed by atoms with Crippen molar-refractivity contribution >= 4 is 27.4 Å². The zero-order chi connectivity index (χ0) is 48.3. The molecule has 0 aliphatic rings. The maximum atomic E-state index is 11.7. The molecular weight excluding hydrogens is 820 g/mol. The van der Waals surface area contributed by atoms with E-state index in [1.165, 1.54) is 148 Å². The van der Waals surface area contributed by atoms with Gasteiger partial charge in [-0.05, 0) is 75.8 Å². The minimum absolute atomic E-state index is 0.0448. The van der Waals surface area contributed by atoms with Crippen molar-refractivity contribution in [3.63, 3.8) is 0 Å². The molecule has 376 valence electrons. The molecule has 9 heteroatoms. The summed E-state index contributed by atoms with van der Waals surface area (Å²) in [6.07, 6.45) is 45.1. The van der Waals surface area contributed by atoms with Crippen LogP contribution in [0.2, 0.25) is 0 Å². The molecule has 1 rings (SSSR count). The molecule has 0 aliphatic carbocycles. The molecule has 0 saturated carbocycles. The molecule has 1 aromatic rings. The van der Waals surface area contributed by atoms with Crippen LogP contribution in [0.1, 0.15) is 260 Å². The number of esters is 2. The van der Waals surface area contributed by atoms with E-state index in [4.69, 9.17) is 19.4 Å². The number of hydrogen-bond donors (Lipinski definition) is 1. The fraction of sp³-hybridized carbons (Fsp3) is 0.800. The van der Waals surface area contributed by atoms with E-state index in [0.29, 0.717) is 38.4 Å². The highest BCUT2D eigenvalue weighted by Crippen LogP contribution is 2.14. The van der Waals surface area contributed by atoms with Gasteiger partial charge in [0.15, 0.2) is 0 Å². The van der Waals surface area contributed by atoms with Crippen molar-refractivity contribution in [3.05, 3.63) is 42.5 Å². The van der Waals surface area contributed by atoms with Crippen LogP contribution in [0.25, 0.3) is 0 Å². The van der Waals surface area contributed by atoms with Crippen LogP contribution in [0.3, 0.4) is 0 Å². The summed E-state index contributed by atoms with van der Waals surface area (Å²) in [5.41, 5.74) is 0. The Hall–Kier alpha value is -2.57. The van der Waals surface area contributed by atoms with E-state index in [0.717, 1.165) is 63.7 Å². The highest BCUT2D eigenvalue weighted by molar-refractivity contribution is 7.17. The molecule has 0 unspecified atom stereocenters. The lowest BCUT2D eigenvalue weighted by atomic mass is 10.1. The quantitative estimate of drug-likeness (QED) is 0.0299. The summed E-state index contributed by atoms with van der Waals surface area (Å²) in [5, 5.41) is 8.66. The summed E-state index contributed by atoms with van der Waals surface area (Å²) in [6, 6.07) is 8.99. The number of carbonyl (C=O) groups excluding carboxylic acids is 3. The summed E-state index contributed by atoms with van der Waals surface area (Å²) in [4.78, 5) is 31.4. The average Bonchev–Trinajstić information content (AvgIpc) is 3.29. The Balaban J connectivity index is -0.000000445. The van der Waals surface area contributed by atoms with E-state index in [9.17, 15) is 14.2 Å². The predicted molar refractivity (Wildman–Crippen MR) is 274 cm³/mol. The van der Waals surface area contributed by atoms with Crippen LogP contribution in [0, 0.1) is 5.92 Å². The minimum atomic E-state index is -0.305. The number of ether oxygens (including phenoxy) is 2. The number of rotatable bonds is 40. The first-order valence-corrected chi connectivity index (χ1v) is 26.9. The molecule has 1 aromatic carbocycles. The third-order valence-electron chi connectivity index (χ3n) is 10.1. The van der Waals surface area contributed by atoms with Gasteiger partial charge in [-0.3, -0.25) is 9.59 Å². The number of hydrogen-bond acceptors (Lipinski definition) is 8. The Morgan fingerprint density at radius 3 is 1.17 bits per heavy atom. The summed E-state index contributed by atoms with van der Waals surface area (Å²) >= 11 is 0. The second-order valence-corrected chi connectivity index (χ2v) is 17.8. The molecule has 64 heavy (non-hydrogen) atoms. The summed E-state index contributed by atoms with van der Waals surface area (Å²) < 4.78 is 25.1. The van der Waals surface area contributed by atoms with E-state index < -0.39 is 0 Å². The Morgan fingerprint density at radius 2 is 0.828 bits per heavy atom. The number of para-hydroxylation sites is 1. The first-order chi connectivity index (χ1) is 31.3. The largest absolute Gasteiger partial charge is 0.466 e. The van der Waals surface area contributed by atoms with Gasteiger partial charge in [-0.1, -0.05) is 220 Å². The molecule has 0 heterocycles. The topological polar surface area (TPSA) is 116 Å². The van der Waals surface area contributed by atoms with Crippen molar-refractivity contribution in [1.82, 2.24) is 0 Å². The molecule has 0 fully saturated rings. The minimum Gasteiger partial charge on any atom is -0.466 e. The van der Waals surface area contributed by atoms with Gasteiger partial charge in [-0.2, -0.15) is 0 Å². The van der Waals surface area contributed by atoms with Gasteiger partial charge in [0.2, 0.25) is 0 Å². The van der Waals surface area contributed by atoms with Crippen LogP contribution < -0.4 is 4.52 Å². The lowest BCUT2D eigenvalue weighted by Gasteiger charge is -2.06. The monoisotopic (exact) mass is 923 g/mol. The molecular formula is C55H103O8P. The fourth-order valence-electron chi connectivity index (χ4n) is 6.41. The zero-order valence-corrected chi connectivity index (χ0v) is 43.6. The molecule has 8 nitrogen and oxygen atoms in total. The maximum absolute atomic E-state index is 11.7. The Morgan fingerprint density at radius 1 is 0.516 bits per heavy atom. The van der Waals surface area contributed by atoms with Crippen molar-refractivity contribution in [2.75, 3.05) is 19.8 Å². The molecule has 0 aromatic heterocycles. The van der Waals surface area contributed by atoms with Crippen LogP contribution >= 0.6 is 8.69 Å². The first-order valence-electron chi connectivity index (χ1n) is 26.2. The number of aliphatic hydroxyl groups excluding tert-OH is 1. The highest BCUT2D eigenvalue weighted by atomic mass is 31.1. The number of benzene rings is 1. The van der Waals surface area contributed by atoms with Crippen molar-refractivity contribution in [2.24, 2.45) is 5.92 Å². The molecule has 0 saturated heterocycles. The van der Waals surface area contributed by atoms with Crippen LogP contribution in [-0.2, 0) is 28.4 Å². The van der Waals surface area contributed by atoms with Crippen molar-refractivity contribution in [2.45, 2.75) is 260 Å². The van der Waals surface area contributed by atoms with Crippen molar-refractivity contribution in [1.29, 1.82) is 0 Å². The fourth-order valence-corrected chi connectivity index (χ4v) is 6.62. The molecule has 0 spiro atoms. The van der Waals surface area contributed by atoms with E-state index in [1.807, 2.05) is 25.0 Å². The Kier molecular flexibility index (Phi) is 68.8. The van der Waals surface area contributed by atoms with Crippen molar-refractivity contribution < 1.29 is 38.1 Å². The number of aliphatic hydroxyl groups is 1. The number of allylic oxidation sites excluding steroid dienone is 2. The molecule has 0 bridgehead atoms. The van der Waals surface area contributed by atoms with E-state index >= 15 is 0 Å². The number of carbonyl (C=O) groups is 3. The normalized spacial score (nSPS) is 10.4. The second-order valence-electron chi connectivity index (χ2n) is 17.5. The zero-order valence-electron chi connectivity index (χ0n) is 42.7. The van der Waals surface area contributed by atoms with Crippen LogP contribution in [0.4, 0.5) is 0 Å². The van der Waals surface area contributed by atoms with Gasteiger partial charge in [0.05, 0.1) is 13.2 Å². The van der Waals surface area contributed by atoms with Gasteiger partial charge < -0.3 is 23.9 Å². The summed E-state index contributed by atoms with van der Waals surface area (Å²) in [6.45, 7) is 16.7. The highest BCUT2D eigenvalue weighted by Gasteiger charge is 2.04. The maximum Gasteiger partial charge on any atom is 0.395 e. The van der Waals surface area contributed by atoms with Gasteiger partial charge >= 0.3 is 20.6 Å². The van der Waals surface area contributed by atoms with E-state index in [2.05, 4.69) is 58.2 Å². The van der Waals surface area contributed by atoms with Gasteiger partial charge in [-0.15, -0.1) is 0 Å². The molecule has 0 atom stereocenters. The van der Waals surface area contributed by atoms with Gasteiger partial charge in [0, 0.05) is 19.4 Å². The first kappa shape index (κ1) is 68.0.